The highest BCUT2D eigenvalue weighted by Crippen LogP contribution is 2.17. The lowest BCUT2D eigenvalue weighted by atomic mass is 9.96. The fourth-order valence-electron chi connectivity index (χ4n) is 1.97. The van der Waals surface area contributed by atoms with Crippen molar-refractivity contribution in [3.05, 3.63) is 0 Å². The second-order valence-corrected chi connectivity index (χ2v) is 6.08. The molecule has 6 nitrogen and oxygen atoms in total. The molecule has 114 valence electrons. The van der Waals surface area contributed by atoms with Crippen LogP contribution in [0.3, 0.4) is 0 Å². The number of nitrogens with one attached hydrogen (secondary N) is 2. The van der Waals surface area contributed by atoms with E-state index in [0.29, 0.717) is 13.0 Å². The highest BCUT2D eigenvalue weighted by atomic mass is 35.5. The summed E-state index contributed by atoms with van der Waals surface area (Å²) in [6.45, 7) is 5.79. The van der Waals surface area contributed by atoms with Gasteiger partial charge in [0.1, 0.15) is 5.60 Å². The predicted octanol–water partition coefficient (Wildman–Crippen LogP) is 1.21. The Hall–Kier alpha value is -1.30. The first kappa shape index (κ1) is 16.8. The summed E-state index contributed by atoms with van der Waals surface area (Å²) in [4.78, 5) is 35.0. The Morgan fingerprint density at radius 3 is 2.60 bits per heavy atom. The number of alkyl carbamates (subject to hydrolysis) is 1. The highest BCUT2D eigenvalue weighted by molar-refractivity contribution is 6.28. The summed E-state index contributed by atoms with van der Waals surface area (Å²) in [6, 6.07) is -0.795. The van der Waals surface area contributed by atoms with Gasteiger partial charge in [0, 0.05) is 12.5 Å². The van der Waals surface area contributed by atoms with Crippen molar-refractivity contribution >= 4 is 29.4 Å². The number of halogens is 1. The molecule has 1 unspecified atom stereocenters. The van der Waals surface area contributed by atoms with Crippen LogP contribution in [-0.4, -0.2) is 41.9 Å². The molecule has 0 aliphatic carbocycles. The Morgan fingerprint density at radius 2 is 2.15 bits per heavy atom. The standard InChI is InChI=1S/C13H21ClN2O4/c1-13(2,3)20-12(19)16-9(10(17)7-14)6-8-4-5-15-11(8)18/h8-9H,4-7H2,1-3H3,(H,15,18)(H,16,19)/t8-,9?/m0/s1. The highest BCUT2D eigenvalue weighted by Gasteiger charge is 2.31. The molecular formula is C13H21ClN2O4. The van der Waals surface area contributed by atoms with Crippen molar-refractivity contribution < 1.29 is 19.1 Å². The molecule has 1 saturated heterocycles. The van der Waals surface area contributed by atoms with Crippen LogP contribution in [0.5, 0.6) is 0 Å². The van der Waals surface area contributed by atoms with Gasteiger partial charge in [-0.05, 0) is 33.6 Å². The maximum atomic E-state index is 11.8. The number of Topliss-reactive ketones (excluding diaryl/α,β-unsaturated/α-hetero) is 1. The van der Waals surface area contributed by atoms with Crippen LogP contribution in [-0.2, 0) is 14.3 Å². The van der Waals surface area contributed by atoms with E-state index in [2.05, 4.69) is 10.6 Å². The van der Waals surface area contributed by atoms with Crippen molar-refractivity contribution in [2.45, 2.75) is 45.3 Å². The van der Waals surface area contributed by atoms with Gasteiger partial charge in [0.25, 0.3) is 0 Å². The molecule has 1 aliphatic rings. The minimum atomic E-state index is -0.795. The second-order valence-electron chi connectivity index (χ2n) is 5.81. The van der Waals surface area contributed by atoms with E-state index in [9.17, 15) is 14.4 Å². The largest absolute Gasteiger partial charge is 0.444 e. The molecule has 0 saturated carbocycles. The third-order valence-corrected chi connectivity index (χ3v) is 3.16. The molecule has 0 aromatic rings. The summed E-state index contributed by atoms with van der Waals surface area (Å²) in [5, 5.41) is 5.19. The van der Waals surface area contributed by atoms with Crippen LogP contribution in [0.1, 0.15) is 33.6 Å². The maximum Gasteiger partial charge on any atom is 0.408 e. The molecule has 0 bridgehead atoms. The lowest BCUT2D eigenvalue weighted by molar-refractivity contribution is -0.123. The molecule has 1 heterocycles. The first-order valence-corrected chi connectivity index (χ1v) is 7.12. The number of ketones is 1. The fraction of sp³-hybridized carbons (Fsp3) is 0.769. The van der Waals surface area contributed by atoms with Gasteiger partial charge >= 0.3 is 6.09 Å². The van der Waals surface area contributed by atoms with Crippen LogP contribution in [0.15, 0.2) is 0 Å². The van der Waals surface area contributed by atoms with Crippen LogP contribution >= 0.6 is 11.6 Å². The first-order valence-electron chi connectivity index (χ1n) is 6.59. The van der Waals surface area contributed by atoms with Gasteiger partial charge in [-0.25, -0.2) is 4.79 Å². The SMILES string of the molecule is CC(C)(C)OC(=O)NC(C[C@@H]1CCNC1=O)C(=O)CCl. The smallest absolute Gasteiger partial charge is 0.408 e. The molecule has 20 heavy (non-hydrogen) atoms. The molecule has 2 amide bonds. The van der Waals surface area contributed by atoms with E-state index in [-0.39, 0.29) is 29.9 Å². The summed E-state index contributed by atoms with van der Waals surface area (Å²) in [6.07, 6.45) is 0.219. The van der Waals surface area contributed by atoms with E-state index < -0.39 is 17.7 Å². The van der Waals surface area contributed by atoms with Crippen molar-refractivity contribution in [2.24, 2.45) is 5.92 Å². The van der Waals surface area contributed by atoms with Gasteiger partial charge in [0.2, 0.25) is 5.91 Å². The minimum absolute atomic E-state index is 0.0941. The average Bonchev–Trinajstić information content (AvgIpc) is 2.70. The van der Waals surface area contributed by atoms with E-state index in [1.807, 2.05) is 0 Å². The summed E-state index contributed by atoms with van der Waals surface area (Å²) < 4.78 is 5.11. The molecule has 7 heteroatoms. The fourth-order valence-corrected chi connectivity index (χ4v) is 2.15. The van der Waals surface area contributed by atoms with Crippen molar-refractivity contribution in [1.82, 2.24) is 10.6 Å². The first-order chi connectivity index (χ1) is 9.23. The zero-order valence-corrected chi connectivity index (χ0v) is 12.8. The van der Waals surface area contributed by atoms with Gasteiger partial charge < -0.3 is 15.4 Å². The molecule has 0 spiro atoms. The van der Waals surface area contributed by atoms with Gasteiger partial charge in [0.05, 0.1) is 11.9 Å². The molecule has 2 atom stereocenters. The van der Waals surface area contributed by atoms with Crippen molar-refractivity contribution in [1.29, 1.82) is 0 Å². The molecule has 0 aromatic heterocycles. The van der Waals surface area contributed by atoms with Gasteiger partial charge in [-0.15, -0.1) is 11.6 Å². The number of hydrogen-bond acceptors (Lipinski definition) is 4. The number of rotatable bonds is 5. The molecule has 1 fully saturated rings. The van der Waals surface area contributed by atoms with E-state index in [0.717, 1.165) is 0 Å². The van der Waals surface area contributed by atoms with Crippen LogP contribution in [0.25, 0.3) is 0 Å². The number of carbonyl (C=O) groups excluding carboxylic acids is 3. The average molecular weight is 305 g/mol. The van der Waals surface area contributed by atoms with Crippen LogP contribution in [0.4, 0.5) is 4.79 Å². The van der Waals surface area contributed by atoms with Gasteiger partial charge in [-0.1, -0.05) is 0 Å². The number of hydrogen-bond donors (Lipinski definition) is 2. The van der Waals surface area contributed by atoms with Crippen molar-refractivity contribution in [3.8, 4) is 0 Å². The molecular weight excluding hydrogens is 284 g/mol. The molecule has 1 rings (SSSR count). The Labute approximate surface area is 123 Å². The Balaban J connectivity index is 2.62. The normalized spacial score (nSPS) is 20.2. The van der Waals surface area contributed by atoms with Crippen molar-refractivity contribution in [2.75, 3.05) is 12.4 Å². The molecule has 0 aromatic carbocycles. The third kappa shape index (κ3) is 5.36. The second kappa shape index (κ2) is 6.92. The Kier molecular flexibility index (Phi) is 5.80. The van der Waals surface area contributed by atoms with E-state index in [1.54, 1.807) is 20.8 Å². The summed E-state index contributed by atoms with van der Waals surface area (Å²) >= 11 is 5.54. The number of ether oxygens (including phenoxy) is 1. The number of amides is 2. The zero-order chi connectivity index (χ0) is 15.3. The Morgan fingerprint density at radius 1 is 1.50 bits per heavy atom. The summed E-state index contributed by atoms with van der Waals surface area (Å²) in [7, 11) is 0. The van der Waals surface area contributed by atoms with E-state index in [1.165, 1.54) is 0 Å². The van der Waals surface area contributed by atoms with E-state index >= 15 is 0 Å². The quantitative estimate of drug-likeness (QED) is 0.748. The van der Waals surface area contributed by atoms with Crippen molar-refractivity contribution in [3.63, 3.8) is 0 Å². The topological polar surface area (TPSA) is 84.5 Å². The minimum Gasteiger partial charge on any atom is -0.444 e. The van der Waals surface area contributed by atoms with Crippen LogP contribution in [0, 0.1) is 5.92 Å². The van der Waals surface area contributed by atoms with Gasteiger partial charge in [-0.3, -0.25) is 9.59 Å². The van der Waals surface area contributed by atoms with Crippen LogP contribution < -0.4 is 10.6 Å². The summed E-state index contributed by atoms with van der Waals surface area (Å²) in [5.41, 5.74) is -0.649. The maximum absolute atomic E-state index is 11.8. The van der Waals surface area contributed by atoms with Crippen LogP contribution in [0.2, 0.25) is 0 Å². The monoisotopic (exact) mass is 304 g/mol. The lowest BCUT2D eigenvalue weighted by Crippen LogP contribution is -2.45. The third-order valence-electron chi connectivity index (χ3n) is 2.89. The lowest BCUT2D eigenvalue weighted by Gasteiger charge is -2.23. The molecule has 0 radical (unpaired) electrons. The van der Waals surface area contributed by atoms with Gasteiger partial charge in [-0.2, -0.15) is 0 Å². The number of alkyl halides is 1. The molecule has 1 aliphatic heterocycles. The zero-order valence-electron chi connectivity index (χ0n) is 12.0. The molecule has 2 N–H and O–H groups in total. The van der Waals surface area contributed by atoms with Gasteiger partial charge in [0.15, 0.2) is 5.78 Å². The van der Waals surface area contributed by atoms with E-state index in [4.69, 9.17) is 16.3 Å². The Bertz CT molecular complexity index is 392. The predicted molar refractivity (Wildman–Crippen MR) is 74.6 cm³/mol. The number of carbonyl (C=O) groups is 3. The summed E-state index contributed by atoms with van der Waals surface area (Å²) in [5.74, 6) is -0.905.